The summed E-state index contributed by atoms with van der Waals surface area (Å²) >= 11 is 0. The molecule has 2 heteroatoms. The first kappa shape index (κ1) is 21.5. The second-order valence-electron chi connectivity index (χ2n) is 8.52. The van der Waals surface area contributed by atoms with Crippen molar-refractivity contribution in [2.45, 2.75) is 79.7 Å². The lowest BCUT2D eigenvalue weighted by Gasteiger charge is -2.38. The van der Waals surface area contributed by atoms with Crippen LogP contribution >= 0.6 is 0 Å². The molecule has 0 aliphatic carbocycles. The number of allylic oxidation sites excluding steroid dienone is 3. The van der Waals surface area contributed by atoms with Crippen LogP contribution < -0.4 is 0 Å². The molecule has 0 radical (unpaired) electrons. The minimum atomic E-state index is 0.0386. The van der Waals surface area contributed by atoms with Gasteiger partial charge in [0.05, 0.1) is 5.54 Å². The van der Waals surface area contributed by atoms with E-state index < -0.39 is 0 Å². The Labute approximate surface area is 167 Å². The molecule has 0 bridgehead atoms. The average molecular weight is 367 g/mol. The molecule has 1 aliphatic heterocycles. The number of hydrogen-bond acceptors (Lipinski definition) is 2. The van der Waals surface area contributed by atoms with Crippen molar-refractivity contribution in [2.24, 2.45) is 5.92 Å². The molecular formula is C25H38N2. The van der Waals surface area contributed by atoms with Gasteiger partial charge >= 0.3 is 0 Å². The number of aryl methyl sites for hydroxylation is 2. The van der Waals surface area contributed by atoms with Gasteiger partial charge in [-0.25, -0.2) is 0 Å². The minimum absolute atomic E-state index is 0.0386. The lowest BCUT2D eigenvalue weighted by molar-refractivity contribution is 0.221. The predicted octanol–water partition coefficient (Wildman–Crippen LogP) is 6.63. The van der Waals surface area contributed by atoms with Gasteiger partial charge in [0.1, 0.15) is 0 Å². The summed E-state index contributed by atoms with van der Waals surface area (Å²) in [7, 11) is 2.23. The number of fused-ring (bicyclic) bond motifs is 1. The van der Waals surface area contributed by atoms with Crippen LogP contribution in [0.25, 0.3) is 6.08 Å². The van der Waals surface area contributed by atoms with Crippen molar-refractivity contribution in [3.05, 3.63) is 58.1 Å². The Kier molecular flexibility index (Phi) is 7.08. The largest absolute Gasteiger partial charge is 0.371 e. The molecule has 1 aromatic heterocycles. The third-order valence-electron chi connectivity index (χ3n) is 6.07. The molecule has 2 heterocycles. The SMILES string of the molecule is CCC1(CC)/C=C\c2cc(C)nc(C)c2C/C=C(CC(C)C)\C(C)=C/N1C. The fourth-order valence-electron chi connectivity index (χ4n) is 4.22. The van der Waals surface area contributed by atoms with E-state index in [1.54, 1.807) is 0 Å². The van der Waals surface area contributed by atoms with Crippen LogP contribution in [0.15, 0.2) is 35.6 Å². The van der Waals surface area contributed by atoms with Crippen LogP contribution in [0.4, 0.5) is 0 Å². The maximum Gasteiger partial charge on any atom is 0.0574 e. The van der Waals surface area contributed by atoms with Crippen molar-refractivity contribution in [1.82, 2.24) is 9.88 Å². The molecule has 0 spiro atoms. The fraction of sp³-hybridized carbons (Fsp3) is 0.560. The molecule has 1 aromatic rings. The Morgan fingerprint density at radius 3 is 2.41 bits per heavy atom. The van der Waals surface area contributed by atoms with Gasteiger partial charge in [-0.05, 0) is 80.7 Å². The van der Waals surface area contributed by atoms with E-state index in [2.05, 4.69) is 90.9 Å². The van der Waals surface area contributed by atoms with E-state index in [0.29, 0.717) is 5.92 Å². The molecule has 0 fully saturated rings. The zero-order valence-electron chi connectivity index (χ0n) is 18.7. The average Bonchev–Trinajstić information content (AvgIpc) is 2.61. The fourth-order valence-corrected chi connectivity index (χ4v) is 4.22. The normalized spacial score (nSPS) is 22.3. The molecule has 0 saturated carbocycles. The van der Waals surface area contributed by atoms with Crippen LogP contribution in [0.5, 0.6) is 0 Å². The van der Waals surface area contributed by atoms with Gasteiger partial charge in [0, 0.05) is 24.6 Å². The van der Waals surface area contributed by atoms with Gasteiger partial charge in [0.15, 0.2) is 0 Å². The molecule has 2 rings (SSSR count). The van der Waals surface area contributed by atoms with E-state index >= 15 is 0 Å². The van der Waals surface area contributed by atoms with Crippen LogP contribution in [-0.4, -0.2) is 22.5 Å². The number of aromatic nitrogens is 1. The number of hydrogen-bond donors (Lipinski definition) is 0. The predicted molar refractivity (Wildman–Crippen MR) is 119 cm³/mol. The van der Waals surface area contributed by atoms with E-state index in [4.69, 9.17) is 4.98 Å². The second-order valence-corrected chi connectivity index (χ2v) is 8.52. The summed E-state index contributed by atoms with van der Waals surface area (Å²) in [5.41, 5.74) is 7.81. The molecule has 0 saturated heterocycles. The van der Waals surface area contributed by atoms with E-state index in [1.807, 2.05) is 0 Å². The van der Waals surface area contributed by atoms with Gasteiger partial charge in [0.2, 0.25) is 0 Å². The molecule has 0 atom stereocenters. The van der Waals surface area contributed by atoms with Crippen molar-refractivity contribution in [1.29, 1.82) is 0 Å². The highest BCUT2D eigenvalue weighted by Gasteiger charge is 2.27. The number of likely N-dealkylation sites (N-methyl/N-ethyl adjacent to an activating group) is 1. The Bertz CT molecular complexity index is 746. The second kappa shape index (κ2) is 8.91. The Morgan fingerprint density at radius 1 is 1.15 bits per heavy atom. The van der Waals surface area contributed by atoms with Gasteiger partial charge in [-0.2, -0.15) is 0 Å². The van der Waals surface area contributed by atoms with Crippen molar-refractivity contribution in [2.75, 3.05) is 7.05 Å². The van der Waals surface area contributed by atoms with Crippen LogP contribution in [0.2, 0.25) is 0 Å². The summed E-state index contributed by atoms with van der Waals surface area (Å²) in [6.45, 7) is 15.7. The van der Waals surface area contributed by atoms with Crippen molar-refractivity contribution in [3.8, 4) is 0 Å². The van der Waals surface area contributed by atoms with Crippen molar-refractivity contribution >= 4 is 6.08 Å². The van der Waals surface area contributed by atoms with E-state index in [-0.39, 0.29) is 5.54 Å². The van der Waals surface area contributed by atoms with Crippen LogP contribution in [-0.2, 0) is 6.42 Å². The van der Waals surface area contributed by atoms with Gasteiger partial charge in [-0.3, -0.25) is 4.98 Å². The summed E-state index contributed by atoms with van der Waals surface area (Å²) in [4.78, 5) is 7.17. The Morgan fingerprint density at radius 2 is 1.81 bits per heavy atom. The minimum Gasteiger partial charge on any atom is -0.371 e. The highest BCUT2D eigenvalue weighted by atomic mass is 15.1. The monoisotopic (exact) mass is 366 g/mol. The Balaban J connectivity index is 2.70. The van der Waals surface area contributed by atoms with Gasteiger partial charge < -0.3 is 4.90 Å². The summed E-state index contributed by atoms with van der Waals surface area (Å²) < 4.78 is 0. The molecule has 1 aliphatic rings. The lowest BCUT2D eigenvalue weighted by Crippen LogP contribution is -2.40. The third kappa shape index (κ3) is 4.91. The molecule has 0 aromatic carbocycles. The molecule has 0 unspecified atom stereocenters. The van der Waals surface area contributed by atoms with Crippen LogP contribution in [0.1, 0.15) is 76.4 Å². The number of nitrogens with zero attached hydrogens (tertiary/aromatic N) is 2. The summed E-state index contributed by atoms with van der Waals surface area (Å²) in [6, 6.07) is 2.24. The Hall–Kier alpha value is -1.83. The van der Waals surface area contributed by atoms with Crippen LogP contribution in [0.3, 0.4) is 0 Å². The maximum atomic E-state index is 4.75. The number of pyridine rings is 1. The first-order chi connectivity index (χ1) is 12.7. The first-order valence-electron chi connectivity index (χ1n) is 10.5. The molecule has 2 nitrogen and oxygen atoms in total. The van der Waals surface area contributed by atoms with Gasteiger partial charge in [-0.1, -0.05) is 45.9 Å². The highest BCUT2D eigenvalue weighted by molar-refractivity contribution is 5.58. The summed E-state index contributed by atoms with van der Waals surface area (Å²) in [5, 5.41) is 0. The first-order valence-corrected chi connectivity index (χ1v) is 10.5. The quantitative estimate of drug-likeness (QED) is 0.594. The maximum absolute atomic E-state index is 4.75. The van der Waals surface area contributed by atoms with E-state index in [9.17, 15) is 0 Å². The molecule has 148 valence electrons. The van der Waals surface area contributed by atoms with E-state index in [1.165, 1.54) is 22.3 Å². The van der Waals surface area contributed by atoms with Gasteiger partial charge in [-0.15, -0.1) is 0 Å². The van der Waals surface area contributed by atoms with Gasteiger partial charge in [0.25, 0.3) is 0 Å². The lowest BCUT2D eigenvalue weighted by atomic mass is 9.89. The van der Waals surface area contributed by atoms with Crippen molar-refractivity contribution < 1.29 is 0 Å². The standard InChI is InChI=1S/C25H38N2/c1-9-25(10-2)14-13-23-16-20(6)26-21(7)24(23)12-11-22(15-18(3)4)19(5)17-27(25)8/h11,13-14,16-18H,9-10,12,15H2,1-8H3/b14-13-,19-17-,22-11-. The molecule has 0 N–H and O–H groups in total. The summed E-state index contributed by atoms with van der Waals surface area (Å²) in [5.74, 6) is 0.645. The zero-order valence-corrected chi connectivity index (χ0v) is 18.7. The van der Waals surface area contributed by atoms with Crippen molar-refractivity contribution in [3.63, 3.8) is 0 Å². The van der Waals surface area contributed by atoms with E-state index in [0.717, 1.165) is 37.1 Å². The van der Waals surface area contributed by atoms with Crippen LogP contribution in [0, 0.1) is 19.8 Å². The zero-order chi connectivity index (χ0) is 20.2. The topological polar surface area (TPSA) is 16.1 Å². The summed E-state index contributed by atoms with van der Waals surface area (Å²) in [6.07, 6.45) is 13.8. The highest BCUT2D eigenvalue weighted by Crippen LogP contribution is 2.31. The smallest absolute Gasteiger partial charge is 0.0574 e. The third-order valence-corrected chi connectivity index (χ3v) is 6.07. The molecular weight excluding hydrogens is 328 g/mol. The molecule has 0 amide bonds. The number of rotatable bonds is 4. The molecule has 27 heavy (non-hydrogen) atoms.